The molecule has 0 saturated carbocycles. The third-order valence-corrected chi connectivity index (χ3v) is 4.06. The van der Waals surface area contributed by atoms with E-state index in [9.17, 15) is 23.2 Å². The zero-order chi connectivity index (χ0) is 20.7. The van der Waals surface area contributed by atoms with Crippen LogP contribution in [0.2, 0.25) is 0 Å². The first-order valence-electron chi connectivity index (χ1n) is 8.60. The number of benzene rings is 2. The van der Waals surface area contributed by atoms with E-state index in [1.807, 2.05) is 0 Å². The van der Waals surface area contributed by atoms with Gasteiger partial charge in [-0.2, -0.15) is 0 Å². The van der Waals surface area contributed by atoms with Crippen LogP contribution in [0.25, 0.3) is 0 Å². The molecule has 0 saturated heterocycles. The molecule has 2 aromatic rings. The number of nitrogens with one attached hydrogen (secondary N) is 2. The summed E-state index contributed by atoms with van der Waals surface area (Å²) in [7, 11) is 0. The van der Waals surface area contributed by atoms with Crippen molar-refractivity contribution in [2.75, 3.05) is 0 Å². The van der Waals surface area contributed by atoms with E-state index in [2.05, 4.69) is 10.6 Å². The second-order valence-corrected chi connectivity index (χ2v) is 6.38. The third-order valence-electron chi connectivity index (χ3n) is 4.06. The summed E-state index contributed by atoms with van der Waals surface area (Å²) in [4.78, 5) is 35.9. The molecule has 0 bridgehead atoms. The van der Waals surface area contributed by atoms with Crippen LogP contribution < -0.4 is 16.4 Å². The molecule has 8 heteroatoms. The summed E-state index contributed by atoms with van der Waals surface area (Å²) >= 11 is 0. The Morgan fingerprint density at radius 2 is 1.25 bits per heavy atom. The quantitative estimate of drug-likeness (QED) is 0.633. The fraction of sp³-hybridized carbons (Fsp3) is 0.250. The van der Waals surface area contributed by atoms with Crippen molar-refractivity contribution in [1.82, 2.24) is 10.6 Å². The molecule has 0 fully saturated rings. The van der Waals surface area contributed by atoms with Crippen molar-refractivity contribution in [2.24, 2.45) is 5.73 Å². The zero-order valence-corrected chi connectivity index (χ0v) is 15.2. The molecule has 2 atom stereocenters. The average molecular weight is 389 g/mol. The summed E-state index contributed by atoms with van der Waals surface area (Å²) < 4.78 is 26.1. The SMILES string of the molecule is CC(=O)N[C@H](Cc1ccc(F)cc1)C(=O)N[C@H](Cc1ccc(F)cc1)C(N)=O. The second-order valence-electron chi connectivity index (χ2n) is 6.38. The number of carbonyl (C=O) groups excluding carboxylic acids is 3. The zero-order valence-electron chi connectivity index (χ0n) is 15.2. The monoisotopic (exact) mass is 389 g/mol. The molecule has 3 amide bonds. The van der Waals surface area contributed by atoms with Crippen molar-refractivity contribution in [2.45, 2.75) is 31.8 Å². The minimum absolute atomic E-state index is 0.0741. The molecule has 0 heterocycles. The van der Waals surface area contributed by atoms with Gasteiger partial charge in [-0.25, -0.2) is 8.78 Å². The predicted octanol–water partition coefficient (Wildman–Crippen LogP) is 1.22. The molecule has 2 rings (SSSR count). The molecular weight excluding hydrogens is 368 g/mol. The van der Waals surface area contributed by atoms with Gasteiger partial charge in [-0.05, 0) is 35.4 Å². The molecule has 6 nitrogen and oxygen atoms in total. The number of halogens is 2. The van der Waals surface area contributed by atoms with Gasteiger partial charge in [0.15, 0.2) is 0 Å². The van der Waals surface area contributed by atoms with Gasteiger partial charge in [0.05, 0.1) is 0 Å². The summed E-state index contributed by atoms with van der Waals surface area (Å²) in [5, 5.41) is 5.03. The van der Waals surface area contributed by atoms with E-state index < -0.39 is 41.4 Å². The number of amides is 3. The highest BCUT2D eigenvalue weighted by molar-refractivity contribution is 5.91. The second kappa shape index (κ2) is 9.59. The molecule has 4 N–H and O–H groups in total. The first-order valence-corrected chi connectivity index (χ1v) is 8.60. The van der Waals surface area contributed by atoms with Gasteiger partial charge in [-0.1, -0.05) is 24.3 Å². The molecule has 28 heavy (non-hydrogen) atoms. The van der Waals surface area contributed by atoms with Crippen LogP contribution in [0.5, 0.6) is 0 Å². The lowest BCUT2D eigenvalue weighted by Gasteiger charge is -2.22. The van der Waals surface area contributed by atoms with Gasteiger partial charge >= 0.3 is 0 Å². The van der Waals surface area contributed by atoms with Crippen LogP contribution >= 0.6 is 0 Å². The van der Waals surface area contributed by atoms with Gasteiger partial charge in [0.25, 0.3) is 0 Å². The average Bonchev–Trinajstić information content (AvgIpc) is 2.63. The number of hydrogen-bond acceptors (Lipinski definition) is 3. The Labute approximate surface area is 161 Å². The Morgan fingerprint density at radius 3 is 1.64 bits per heavy atom. The predicted molar refractivity (Wildman–Crippen MR) is 98.9 cm³/mol. The van der Waals surface area contributed by atoms with Gasteiger partial charge in [-0.15, -0.1) is 0 Å². The van der Waals surface area contributed by atoms with Gasteiger partial charge in [0.1, 0.15) is 23.7 Å². The number of carbonyl (C=O) groups is 3. The van der Waals surface area contributed by atoms with E-state index in [1.165, 1.54) is 55.5 Å². The van der Waals surface area contributed by atoms with Crippen LogP contribution in [0, 0.1) is 11.6 Å². The summed E-state index contributed by atoms with van der Waals surface area (Å²) in [6.07, 6.45) is 0.179. The van der Waals surface area contributed by atoms with E-state index >= 15 is 0 Å². The van der Waals surface area contributed by atoms with Gasteiger partial charge in [0.2, 0.25) is 17.7 Å². The van der Waals surface area contributed by atoms with Gasteiger partial charge < -0.3 is 16.4 Å². The Hall–Kier alpha value is -3.29. The normalized spacial score (nSPS) is 12.7. The van der Waals surface area contributed by atoms with E-state index in [4.69, 9.17) is 5.73 Å². The van der Waals surface area contributed by atoms with Crippen LogP contribution in [0.15, 0.2) is 48.5 Å². The number of rotatable bonds is 8. The largest absolute Gasteiger partial charge is 0.368 e. The first kappa shape index (κ1) is 21.0. The topological polar surface area (TPSA) is 101 Å². The van der Waals surface area contributed by atoms with Crippen molar-refractivity contribution in [3.63, 3.8) is 0 Å². The standard InChI is InChI=1S/C20H21F2N3O3/c1-12(26)24-18(11-14-4-8-16(22)9-5-14)20(28)25-17(19(23)27)10-13-2-6-15(21)7-3-13/h2-9,17-18H,10-11H2,1H3,(H2,23,27)(H,24,26)(H,25,28)/t17-,18-/m1/s1. The van der Waals surface area contributed by atoms with Crippen molar-refractivity contribution in [3.05, 3.63) is 71.3 Å². The van der Waals surface area contributed by atoms with Crippen molar-refractivity contribution in [1.29, 1.82) is 0 Å². The maximum absolute atomic E-state index is 13.1. The lowest BCUT2D eigenvalue weighted by atomic mass is 10.0. The van der Waals surface area contributed by atoms with Gasteiger partial charge in [0, 0.05) is 19.8 Å². The molecule has 0 unspecified atom stereocenters. The summed E-state index contributed by atoms with van der Waals surface area (Å²) in [6.45, 7) is 1.26. The lowest BCUT2D eigenvalue weighted by Crippen LogP contribution is -2.54. The highest BCUT2D eigenvalue weighted by Crippen LogP contribution is 2.09. The lowest BCUT2D eigenvalue weighted by molar-refractivity contribution is -0.130. The number of nitrogens with two attached hydrogens (primary N) is 1. The van der Waals surface area contributed by atoms with Crippen LogP contribution in [0.1, 0.15) is 18.1 Å². The first-order chi connectivity index (χ1) is 13.2. The maximum atomic E-state index is 13.1. The van der Waals surface area contributed by atoms with Gasteiger partial charge in [-0.3, -0.25) is 14.4 Å². The van der Waals surface area contributed by atoms with E-state index in [1.54, 1.807) is 0 Å². The van der Waals surface area contributed by atoms with E-state index in [0.717, 1.165) is 0 Å². The minimum Gasteiger partial charge on any atom is -0.368 e. The Bertz CT molecular complexity index is 839. The summed E-state index contributed by atoms with van der Waals surface area (Å²) in [5.74, 6) is -2.64. The van der Waals surface area contributed by atoms with Crippen molar-refractivity contribution in [3.8, 4) is 0 Å². The molecule has 148 valence electrons. The molecule has 0 spiro atoms. The highest BCUT2D eigenvalue weighted by atomic mass is 19.1. The summed E-state index contributed by atoms with van der Waals surface area (Å²) in [5.41, 5.74) is 6.62. The van der Waals surface area contributed by atoms with Crippen molar-refractivity contribution >= 4 is 17.7 Å². The maximum Gasteiger partial charge on any atom is 0.243 e. The molecule has 2 aromatic carbocycles. The fourth-order valence-electron chi connectivity index (χ4n) is 2.66. The molecular formula is C20H21F2N3O3. The Morgan fingerprint density at radius 1 is 0.821 bits per heavy atom. The van der Waals surface area contributed by atoms with Crippen LogP contribution in [-0.2, 0) is 27.2 Å². The number of hydrogen-bond donors (Lipinski definition) is 3. The van der Waals surface area contributed by atoms with Crippen LogP contribution in [0.3, 0.4) is 0 Å². The Balaban J connectivity index is 2.11. The van der Waals surface area contributed by atoms with Crippen LogP contribution in [0.4, 0.5) is 8.78 Å². The smallest absolute Gasteiger partial charge is 0.243 e. The third kappa shape index (κ3) is 6.46. The van der Waals surface area contributed by atoms with Crippen molar-refractivity contribution < 1.29 is 23.2 Å². The van der Waals surface area contributed by atoms with E-state index in [0.29, 0.717) is 11.1 Å². The minimum atomic E-state index is -1.04. The number of primary amides is 1. The molecule has 0 aliphatic carbocycles. The van der Waals surface area contributed by atoms with E-state index in [-0.39, 0.29) is 12.8 Å². The Kier molecular flexibility index (Phi) is 7.20. The molecule has 0 aliphatic rings. The molecule has 0 radical (unpaired) electrons. The summed E-state index contributed by atoms with van der Waals surface area (Å²) in [6, 6.07) is 8.94. The molecule has 0 aliphatic heterocycles. The highest BCUT2D eigenvalue weighted by Gasteiger charge is 2.25. The van der Waals surface area contributed by atoms with Crippen LogP contribution in [-0.4, -0.2) is 29.8 Å². The fourth-order valence-corrected chi connectivity index (χ4v) is 2.66. The molecule has 0 aromatic heterocycles.